The summed E-state index contributed by atoms with van der Waals surface area (Å²) in [6.45, 7) is 1.96. The van der Waals surface area contributed by atoms with Gasteiger partial charge in [-0.1, -0.05) is 19.3 Å². The molecule has 0 radical (unpaired) electrons. The van der Waals surface area contributed by atoms with E-state index in [2.05, 4.69) is 10.2 Å². The minimum absolute atomic E-state index is 0.0839. The molecule has 1 aromatic heterocycles. The van der Waals surface area contributed by atoms with Gasteiger partial charge in [-0.15, -0.1) is 0 Å². The molecule has 0 saturated heterocycles. The molecule has 7 heteroatoms. The van der Waals surface area contributed by atoms with E-state index in [9.17, 15) is 8.42 Å². The molecule has 0 bridgehead atoms. The molecule has 19 heavy (non-hydrogen) atoms. The average Bonchev–Trinajstić information content (AvgIpc) is 2.80. The van der Waals surface area contributed by atoms with Crippen LogP contribution in [0.2, 0.25) is 0 Å². The number of hydrogen-bond acceptors (Lipinski definition) is 4. The zero-order valence-corrected chi connectivity index (χ0v) is 12.3. The van der Waals surface area contributed by atoms with E-state index in [1.54, 1.807) is 14.0 Å². The number of rotatable bonds is 4. The highest BCUT2D eigenvalue weighted by Gasteiger charge is 2.32. The molecule has 0 spiro atoms. The summed E-state index contributed by atoms with van der Waals surface area (Å²) in [5.41, 5.74) is 6.93. The Kier molecular flexibility index (Phi) is 4.27. The van der Waals surface area contributed by atoms with Crippen molar-refractivity contribution in [3.63, 3.8) is 0 Å². The van der Waals surface area contributed by atoms with Crippen molar-refractivity contribution < 1.29 is 8.42 Å². The van der Waals surface area contributed by atoms with E-state index in [1.807, 2.05) is 0 Å². The van der Waals surface area contributed by atoms with Gasteiger partial charge in [-0.05, 0) is 19.8 Å². The van der Waals surface area contributed by atoms with Crippen molar-refractivity contribution in [1.29, 1.82) is 0 Å². The quantitative estimate of drug-likeness (QED) is 0.868. The molecule has 1 fully saturated rings. The lowest BCUT2D eigenvalue weighted by atomic mass is 9.96. The molecule has 2 rings (SSSR count). The van der Waals surface area contributed by atoms with E-state index in [-0.39, 0.29) is 17.6 Å². The molecule has 1 aliphatic carbocycles. The van der Waals surface area contributed by atoms with Crippen molar-refractivity contribution in [2.45, 2.75) is 56.6 Å². The molecule has 0 atom stereocenters. The monoisotopic (exact) mass is 286 g/mol. The lowest BCUT2D eigenvalue weighted by molar-refractivity contribution is 0.285. The van der Waals surface area contributed by atoms with Gasteiger partial charge in [0.15, 0.2) is 5.03 Å². The van der Waals surface area contributed by atoms with Crippen molar-refractivity contribution in [3.8, 4) is 0 Å². The van der Waals surface area contributed by atoms with Gasteiger partial charge in [0.25, 0.3) is 10.0 Å². The highest BCUT2D eigenvalue weighted by molar-refractivity contribution is 7.89. The number of aromatic amines is 1. The molecule has 0 unspecified atom stereocenters. The first-order valence-electron chi connectivity index (χ1n) is 6.70. The molecule has 3 N–H and O–H groups in total. The second kappa shape index (κ2) is 5.60. The largest absolute Gasteiger partial charge is 0.326 e. The molecular weight excluding hydrogens is 264 g/mol. The lowest BCUT2D eigenvalue weighted by Gasteiger charge is -2.29. The van der Waals surface area contributed by atoms with Crippen LogP contribution in [-0.2, 0) is 16.6 Å². The van der Waals surface area contributed by atoms with Crippen LogP contribution in [-0.4, -0.2) is 36.0 Å². The van der Waals surface area contributed by atoms with E-state index < -0.39 is 10.0 Å². The Morgan fingerprint density at radius 3 is 2.58 bits per heavy atom. The fourth-order valence-corrected chi connectivity index (χ4v) is 4.25. The summed E-state index contributed by atoms with van der Waals surface area (Å²) in [6, 6.07) is 0.0846. The Bertz CT molecular complexity index is 532. The van der Waals surface area contributed by atoms with Gasteiger partial charge in [0.2, 0.25) is 0 Å². The van der Waals surface area contributed by atoms with Crippen molar-refractivity contribution in [2.75, 3.05) is 7.05 Å². The second-order valence-electron chi connectivity index (χ2n) is 5.15. The number of nitrogens with zero attached hydrogens (tertiary/aromatic N) is 2. The Morgan fingerprint density at radius 1 is 1.37 bits per heavy atom. The molecular formula is C12H22N4O2S. The van der Waals surface area contributed by atoms with Gasteiger partial charge >= 0.3 is 0 Å². The Labute approximate surface area is 114 Å². The zero-order valence-electron chi connectivity index (χ0n) is 11.5. The van der Waals surface area contributed by atoms with Crippen molar-refractivity contribution in [2.24, 2.45) is 5.73 Å². The maximum absolute atomic E-state index is 12.6. The predicted molar refractivity (Wildman–Crippen MR) is 73.0 cm³/mol. The molecule has 1 heterocycles. The average molecular weight is 286 g/mol. The van der Waals surface area contributed by atoms with Crippen molar-refractivity contribution in [1.82, 2.24) is 14.5 Å². The van der Waals surface area contributed by atoms with Crippen LogP contribution >= 0.6 is 0 Å². The van der Waals surface area contributed by atoms with Crippen LogP contribution in [0.4, 0.5) is 0 Å². The number of nitrogens with one attached hydrogen (secondary N) is 1. The maximum Gasteiger partial charge on any atom is 0.262 e. The van der Waals surface area contributed by atoms with Crippen LogP contribution in [0.3, 0.4) is 0 Å². The fraction of sp³-hybridized carbons (Fsp3) is 0.750. The summed E-state index contributed by atoms with van der Waals surface area (Å²) < 4.78 is 26.7. The Hall–Kier alpha value is -0.920. The van der Waals surface area contributed by atoms with Gasteiger partial charge in [-0.2, -0.15) is 9.40 Å². The number of aryl methyl sites for hydroxylation is 1. The number of sulfonamides is 1. The SMILES string of the molecule is Cc1[nH]nc(S(=O)(=O)N(C)C2CCCCC2)c1CN. The number of hydrogen-bond donors (Lipinski definition) is 2. The van der Waals surface area contributed by atoms with Gasteiger partial charge in [0.1, 0.15) is 0 Å². The van der Waals surface area contributed by atoms with Crippen LogP contribution in [0, 0.1) is 6.92 Å². The van der Waals surface area contributed by atoms with Crippen molar-refractivity contribution in [3.05, 3.63) is 11.3 Å². The zero-order chi connectivity index (χ0) is 14.0. The molecule has 0 aliphatic heterocycles. The van der Waals surface area contributed by atoms with Crippen LogP contribution in [0.25, 0.3) is 0 Å². The molecule has 6 nitrogen and oxygen atoms in total. The summed E-state index contributed by atoms with van der Waals surface area (Å²) in [7, 11) is -1.90. The smallest absolute Gasteiger partial charge is 0.262 e. The van der Waals surface area contributed by atoms with Gasteiger partial charge in [0.05, 0.1) is 0 Å². The van der Waals surface area contributed by atoms with Gasteiger partial charge in [-0.3, -0.25) is 5.10 Å². The third-order valence-electron chi connectivity index (χ3n) is 3.95. The Morgan fingerprint density at radius 2 is 2.00 bits per heavy atom. The highest BCUT2D eigenvalue weighted by atomic mass is 32.2. The third kappa shape index (κ3) is 2.68. The minimum atomic E-state index is -3.55. The van der Waals surface area contributed by atoms with E-state index >= 15 is 0 Å². The summed E-state index contributed by atoms with van der Waals surface area (Å²) in [5.74, 6) is 0. The van der Waals surface area contributed by atoms with E-state index in [0.29, 0.717) is 5.56 Å². The molecule has 1 aliphatic rings. The normalized spacial score (nSPS) is 18.1. The highest BCUT2D eigenvalue weighted by Crippen LogP contribution is 2.27. The Balaban J connectivity index is 2.30. The third-order valence-corrected chi connectivity index (χ3v) is 5.84. The number of H-pyrrole nitrogens is 1. The van der Waals surface area contributed by atoms with Crippen LogP contribution < -0.4 is 5.73 Å². The first-order chi connectivity index (χ1) is 8.98. The molecule has 1 saturated carbocycles. The van der Waals surface area contributed by atoms with Crippen molar-refractivity contribution >= 4 is 10.0 Å². The summed E-state index contributed by atoms with van der Waals surface area (Å²) in [4.78, 5) is 0. The molecule has 108 valence electrons. The molecule has 0 aromatic carbocycles. The number of nitrogens with two attached hydrogens (primary N) is 1. The van der Waals surface area contributed by atoms with E-state index in [1.165, 1.54) is 10.7 Å². The summed E-state index contributed by atoms with van der Waals surface area (Å²) in [6.07, 6.45) is 5.23. The topological polar surface area (TPSA) is 92.1 Å². The summed E-state index contributed by atoms with van der Waals surface area (Å²) in [5, 5.41) is 6.74. The van der Waals surface area contributed by atoms with Crippen LogP contribution in [0.1, 0.15) is 43.4 Å². The van der Waals surface area contributed by atoms with Gasteiger partial charge < -0.3 is 5.73 Å². The first-order valence-corrected chi connectivity index (χ1v) is 8.14. The minimum Gasteiger partial charge on any atom is -0.326 e. The lowest BCUT2D eigenvalue weighted by Crippen LogP contribution is -2.38. The molecule has 0 amide bonds. The van der Waals surface area contributed by atoms with Crippen LogP contribution in [0.5, 0.6) is 0 Å². The van der Waals surface area contributed by atoms with E-state index in [4.69, 9.17) is 5.73 Å². The maximum atomic E-state index is 12.6. The van der Waals surface area contributed by atoms with Gasteiger partial charge in [0, 0.05) is 30.9 Å². The van der Waals surface area contributed by atoms with Crippen LogP contribution in [0.15, 0.2) is 5.03 Å². The standard InChI is InChI=1S/C12H22N4O2S/c1-9-11(8-13)12(15-14-9)19(17,18)16(2)10-6-4-3-5-7-10/h10H,3-8,13H2,1-2H3,(H,14,15). The second-order valence-corrected chi connectivity index (χ2v) is 7.06. The van der Waals surface area contributed by atoms with Gasteiger partial charge in [-0.25, -0.2) is 8.42 Å². The first kappa shape index (κ1) is 14.5. The molecule has 1 aromatic rings. The predicted octanol–water partition coefficient (Wildman–Crippen LogP) is 1.13. The number of aromatic nitrogens is 2. The fourth-order valence-electron chi connectivity index (χ4n) is 2.66. The van der Waals surface area contributed by atoms with E-state index in [0.717, 1.165) is 31.4 Å². The summed E-state index contributed by atoms with van der Waals surface area (Å²) >= 11 is 0.